The molecule has 0 aromatic heterocycles. The number of nitrogens with zero attached hydrogens (tertiary/aromatic N) is 2. The second kappa shape index (κ2) is 14.0. The van der Waals surface area contributed by atoms with Crippen LogP contribution < -0.4 is 24.8 Å². The molecular formula is C23H35IN4O3. The van der Waals surface area contributed by atoms with Gasteiger partial charge in [0.25, 0.3) is 0 Å². The van der Waals surface area contributed by atoms with Crippen LogP contribution in [-0.4, -0.2) is 65.4 Å². The molecule has 8 heteroatoms. The van der Waals surface area contributed by atoms with Crippen LogP contribution in [0.5, 0.6) is 17.2 Å². The van der Waals surface area contributed by atoms with Crippen LogP contribution in [0.25, 0.3) is 0 Å². The van der Waals surface area contributed by atoms with Gasteiger partial charge >= 0.3 is 0 Å². The topological polar surface area (TPSA) is 67.4 Å². The van der Waals surface area contributed by atoms with Gasteiger partial charge in [0.2, 0.25) is 0 Å². The summed E-state index contributed by atoms with van der Waals surface area (Å²) in [6, 6.07) is 15.9. The van der Waals surface area contributed by atoms with E-state index in [9.17, 15) is 0 Å². The van der Waals surface area contributed by atoms with E-state index in [1.165, 1.54) is 5.56 Å². The quantitative estimate of drug-likeness (QED) is 0.272. The first-order valence-corrected chi connectivity index (χ1v) is 10.0. The second-order valence-corrected chi connectivity index (χ2v) is 7.17. The van der Waals surface area contributed by atoms with Gasteiger partial charge in [0.1, 0.15) is 11.9 Å². The summed E-state index contributed by atoms with van der Waals surface area (Å²) in [5.41, 5.74) is 1.18. The molecule has 2 N–H and O–H groups in total. The highest BCUT2D eigenvalue weighted by Gasteiger charge is 2.16. The van der Waals surface area contributed by atoms with Crippen molar-refractivity contribution in [2.24, 2.45) is 4.99 Å². The third kappa shape index (κ3) is 8.45. The number of benzene rings is 2. The van der Waals surface area contributed by atoms with E-state index in [1.807, 2.05) is 43.3 Å². The average molecular weight is 542 g/mol. The van der Waals surface area contributed by atoms with E-state index >= 15 is 0 Å². The summed E-state index contributed by atoms with van der Waals surface area (Å²) >= 11 is 0. The van der Waals surface area contributed by atoms with Crippen molar-refractivity contribution in [1.29, 1.82) is 0 Å². The van der Waals surface area contributed by atoms with Crippen molar-refractivity contribution in [1.82, 2.24) is 15.5 Å². The number of halogens is 1. The maximum absolute atomic E-state index is 6.00. The molecule has 7 nitrogen and oxygen atoms in total. The van der Waals surface area contributed by atoms with Crippen molar-refractivity contribution < 1.29 is 14.2 Å². The lowest BCUT2D eigenvalue weighted by Gasteiger charge is -2.26. The van der Waals surface area contributed by atoms with Gasteiger partial charge in [-0.05, 0) is 50.8 Å². The Kier molecular flexibility index (Phi) is 12.1. The fraction of sp³-hybridized carbons (Fsp3) is 0.435. The Morgan fingerprint density at radius 1 is 0.968 bits per heavy atom. The molecule has 0 saturated heterocycles. The molecule has 0 amide bonds. The number of hydrogen-bond donors (Lipinski definition) is 2. The molecule has 172 valence electrons. The molecule has 2 aromatic carbocycles. The minimum Gasteiger partial charge on any atom is -0.497 e. The summed E-state index contributed by atoms with van der Waals surface area (Å²) in [5, 5.41) is 6.73. The smallest absolute Gasteiger partial charge is 0.191 e. The van der Waals surface area contributed by atoms with Crippen LogP contribution in [0.1, 0.15) is 18.5 Å². The summed E-state index contributed by atoms with van der Waals surface area (Å²) in [4.78, 5) is 6.50. The normalized spacial score (nSPS) is 13.1. The zero-order chi connectivity index (χ0) is 21.9. The molecular weight excluding hydrogens is 507 g/mol. The van der Waals surface area contributed by atoms with E-state index in [4.69, 9.17) is 14.2 Å². The van der Waals surface area contributed by atoms with Gasteiger partial charge in [-0.1, -0.05) is 24.3 Å². The van der Waals surface area contributed by atoms with E-state index in [2.05, 4.69) is 46.8 Å². The highest BCUT2D eigenvalue weighted by atomic mass is 127. The maximum atomic E-state index is 6.00. The average Bonchev–Trinajstić information content (AvgIpc) is 2.76. The SMILES string of the molecule is CN=C(NCC(C)Oc1ccccc1OC)NCC(c1cccc(OC)c1)N(C)C.I. The molecule has 0 radical (unpaired) electrons. The summed E-state index contributed by atoms with van der Waals surface area (Å²) in [6.07, 6.45) is -0.0668. The molecule has 0 fully saturated rings. The molecule has 2 rings (SSSR count). The number of aliphatic imine (C=N–C) groups is 1. The number of ether oxygens (including phenoxy) is 3. The zero-order valence-corrected chi connectivity index (χ0v) is 21.5. The van der Waals surface area contributed by atoms with Gasteiger partial charge < -0.3 is 29.7 Å². The Bertz CT molecular complexity index is 817. The summed E-state index contributed by atoms with van der Waals surface area (Å²) in [7, 11) is 9.20. The number of hydrogen-bond acceptors (Lipinski definition) is 5. The predicted octanol–water partition coefficient (Wildman–Crippen LogP) is 3.56. The van der Waals surface area contributed by atoms with Crippen LogP contribution in [0.2, 0.25) is 0 Å². The van der Waals surface area contributed by atoms with E-state index in [1.54, 1.807) is 21.3 Å². The Morgan fingerprint density at radius 2 is 1.65 bits per heavy atom. The van der Waals surface area contributed by atoms with Crippen molar-refractivity contribution in [2.45, 2.75) is 19.1 Å². The van der Waals surface area contributed by atoms with E-state index in [0.717, 1.165) is 23.2 Å². The largest absolute Gasteiger partial charge is 0.497 e. The predicted molar refractivity (Wildman–Crippen MR) is 137 cm³/mol. The van der Waals surface area contributed by atoms with E-state index in [0.29, 0.717) is 13.1 Å². The number of para-hydroxylation sites is 2. The number of likely N-dealkylation sites (N-methyl/N-ethyl adjacent to an activating group) is 1. The van der Waals surface area contributed by atoms with Crippen LogP contribution in [0.3, 0.4) is 0 Å². The van der Waals surface area contributed by atoms with E-state index in [-0.39, 0.29) is 36.1 Å². The van der Waals surface area contributed by atoms with Crippen LogP contribution in [0.4, 0.5) is 0 Å². The van der Waals surface area contributed by atoms with Crippen molar-refractivity contribution in [3.63, 3.8) is 0 Å². The lowest BCUT2D eigenvalue weighted by atomic mass is 10.1. The van der Waals surface area contributed by atoms with Crippen molar-refractivity contribution in [3.8, 4) is 17.2 Å². The number of rotatable bonds is 10. The summed E-state index contributed by atoms with van der Waals surface area (Å²) in [6.45, 7) is 3.30. The first kappa shape index (κ1) is 26.8. The van der Waals surface area contributed by atoms with Crippen LogP contribution in [0, 0.1) is 0 Å². The zero-order valence-electron chi connectivity index (χ0n) is 19.2. The van der Waals surface area contributed by atoms with Gasteiger partial charge in [-0.2, -0.15) is 0 Å². The summed E-state index contributed by atoms with van der Waals surface area (Å²) in [5.74, 6) is 3.02. The summed E-state index contributed by atoms with van der Waals surface area (Å²) < 4.78 is 16.7. The maximum Gasteiger partial charge on any atom is 0.191 e. The van der Waals surface area contributed by atoms with Gasteiger partial charge in [0, 0.05) is 13.6 Å². The molecule has 0 spiro atoms. The standard InChI is InChI=1S/C23H34N4O3.HI/c1-17(30-22-13-8-7-12-21(22)29-6)15-25-23(24-2)26-16-20(27(3)4)18-10-9-11-19(14-18)28-5;/h7-14,17,20H,15-16H2,1-6H3,(H2,24,25,26);1H. The van der Waals surface area contributed by atoms with Gasteiger partial charge in [0.05, 0.1) is 26.8 Å². The molecule has 0 aliphatic rings. The molecule has 31 heavy (non-hydrogen) atoms. The third-order valence-electron chi connectivity index (χ3n) is 4.74. The fourth-order valence-electron chi connectivity index (χ4n) is 3.08. The van der Waals surface area contributed by atoms with Gasteiger partial charge in [-0.25, -0.2) is 0 Å². The molecule has 2 atom stereocenters. The van der Waals surface area contributed by atoms with Crippen molar-refractivity contribution in [3.05, 3.63) is 54.1 Å². The minimum atomic E-state index is -0.0668. The first-order chi connectivity index (χ1) is 14.5. The highest BCUT2D eigenvalue weighted by molar-refractivity contribution is 14.0. The highest BCUT2D eigenvalue weighted by Crippen LogP contribution is 2.26. The molecule has 0 aliphatic heterocycles. The monoisotopic (exact) mass is 542 g/mol. The number of guanidine groups is 1. The molecule has 2 unspecified atom stereocenters. The Morgan fingerprint density at radius 3 is 2.26 bits per heavy atom. The van der Waals surface area contributed by atoms with Crippen LogP contribution in [-0.2, 0) is 0 Å². The van der Waals surface area contributed by atoms with Gasteiger partial charge in [-0.15, -0.1) is 24.0 Å². The lowest BCUT2D eigenvalue weighted by Crippen LogP contribution is -2.44. The third-order valence-corrected chi connectivity index (χ3v) is 4.74. The van der Waals surface area contributed by atoms with Crippen molar-refractivity contribution in [2.75, 3.05) is 48.5 Å². The number of nitrogens with one attached hydrogen (secondary N) is 2. The Labute approximate surface area is 203 Å². The number of methoxy groups -OCH3 is 2. The molecule has 0 aliphatic carbocycles. The van der Waals surface area contributed by atoms with Gasteiger partial charge in [-0.3, -0.25) is 4.99 Å². The first-order valence-electron chi connectivity index (χ1n) is 10.0. The molecule has 0 heterocycles. The Hall–Kier alpha value is -2.20. The lowest BCUT2D eigenvalue weighted by molar-refractivity contribution is 0.213. The molecule has 0 bridgehead atoms. The van der Waals surface area contributed by atoms with Crippen LogP contribution >= 0.6 is 24.0 Å². The molecule has 2 aromatic rings. The second-order valence-electron chi connectivity index (χ2n) is 7.17. The van der Waals surface area contributed by atoms with Crippen molar-refractivity contribution >= 4 is 29.9 Å². The molecule has 0 saturated carbocycles. The van der Waals surface area contributed by atoms with Gasteiger partial charge in [0.15, 0.2) is 17.5 Å². The minimum absolute atomic E-state index is 0. The van der Waals surface area contributed by atoms with Crippen LogP contribution in [0.15, 0.2) is 53.5 Å². The Balaban J connectivity index is 0.00000480. The van der Waals surface area contributed by atoms with E-state index < -0.39 is 0 Å². The fourth-order valence-corrected chi connectivity index (χ4v) is 3.08.